The van der Waals surface area contributed by atoms with E-state index < -0.39 is 0 Å². The number of nitrogens with two attached hydrogens (primary N) is 1. The second kappa shape index (κ2) is 3.88. The fourth-order valence-corrected chi connectivity index (χ4v) is 1.37. The van der Waals surface area contributed by atoms with Crippen molar-refractivity contribution in [1.29, 1.82) is 0 Å². The van der Waals surface area contributed by atoms with E-state index >= 15 is 0 Å². The molecule has 4 nitrogen and oxygen atoms in total. The Bertz CT molecular complexity index is 99.0. The molecule has 0 aromatic heterocycles. The summed E-state index contributed by atoms with van der Waals surface area (Å²) >= 11 is 0. The average Bonchev–Trinajstić information content (AvgIpc) is 2.36. The third kappa shape index (κ3) is 1.67. The van der Waals surface area contributed by atoms with E-state index in [1.165, 1.54) is 12.8 Å². The van der Waals surface area contributed by atoms with Crippen LogP contribution in [0.15, 0.2) is 0 Å². The Morgan fingerprint density at radius 1 is 1.80 bits per heavy atom. The molecule has 0 spiro atoms. The monoisotopic (exact) mass is 145 g/mol. The summed E-state index contributed by atoms with van der Waals surface area (Å²) < 4.78 is 5.02. The van der Waals surface area contributed by atoms with E-state index in [-0.39, 0.29) is 0 Å². The average molecular weight is 145 g/mol. The highest BCUT2D eigenvalue weighted by molar-refractivity contribution is 4.74. The normalized spacial score (nSPS) is 27.6. The first-order valence-corrected chi connectivity index (χ1v) is 3.60. The lowest BCUT2D eigenvalue weighted by molar-refractivity contribution is 0.0839. The van der Waals surface area contributed by atoms with Gasteiger partial charge in [0.05, 0.1) is 6.61 Å². The predicted molar refractivity (Wildman–Crippen MR) is 38.9 cm³/mol. The zero-order valence-electron chi connectivity index (χ0n) is 6.34. The molecule has 10 heavy (non-hydrogen) atoms. The van der Waals surface area contributed by atoms with Gasteiger partial charge in [0.2, 0.25) is 0 Å². The molecule has 1 aliphatic rings. The molecule has 0 radical (unpaired) electrons. The Balaban J connectivity index is 2.27. The molecule has 0 unspecified atom stereocenters. The molecule has 0 aromatic carbocycles. The fourth-order valence-electron chi connectivity index (χ4n) is 1.37. The van der Waals surface area contributed by atoms with Crippen molar-refractivity contribution >= 4 is 0 Å². The second-order valence-corrected chi connectivity index (χ2v) is 2.57. The number of hydrogen-bond acceptors (Lipinski definition) is 4. The van der Waals surface area contributed by atoms with E-state index in [0.29, 0.717) is 6.04 Å². The number of hydrazine groups is 2. The zero-order chi connectivity index (χ0) is 7.40. The minimum absolute atomic E-state index is 0.468. The molecule has 1 heterocycles. The number of rotatable bonds is 3. The van der Waals surface area contributed by atoms with Crippen LogP contribution in [-0.2, 0) is 4.74 Å². The van der Waals surface area contributed by atoms with Crippen LogP contribution in [-0.4, -0.2) is 31.3 Å². The largest absolute Gasteiger partial charge is 0.383 e. The molecule has 1 atom stereocenters. The van der Waals surface area contributed by atoms with Crippen LogP contribution in [0.4, 0.5) is 0 Å². The van der Waals surface area contributed by atoms with Crippen molar-refractivity contribution in [1.82, 2.24) is 10.5 Å². The first-order chi connectivity index (χ1) is 4.88. The standard InChI is InChI=1S/C6H15N3O/c1-10-5-6-3-2-4-9(6)8-7/h6,8H,2-5,7H2,1H3/t6-/m0/s1. The van der Waals surface area contributed by atoms with Crippen LogP contribution < -0.4 is 11.4 Å². The number of hydrogen-bond donors (Lipinski definition) is 2. The first kappa shape index (κ1) is 7.94. The summed E-state index contributed by atoms with van der Waals surface area (Å²) in [5.41, 5.74) is 2.65. The Labute approximate surface area is 61.3 Å². The lowest BCUT2D eigenvalue weighted by Crippen LogP contribution is -2.47. The molecule has 4 heteroatoms. The Morgan fingerprint density at radius 2 is 2.60 bits per heavy atom. The van der Waals surface area contributed by atoms with Gasteiger partial charge in [0.25, 0.3) is 0 Å². The molecule has 0 saturated carbocycles. The number of nitrogens with zero attached hydrogens (tertiary/aromatic N) is 1. The number of ether oxygens (including phenoxy) is 1. The van der Waals surface area contributed by atoms with Gasteiger partial charge in [0.1, 0.15) is 0 Å². The maximum atomic E-state index is 5.27. The smallest absolute Gasteiger partial charge is 0.0632 e. The first-order valence-electron chi connectivity index (χ1n) is 3.60. The molecular weight excluding hydrogens is 130 g/mol. The highest BCUT2D eigenvalue weighted by Gasteiger charge is 2.22. The molecule has 60 valence electrons. The van der Waals surface area contributed by atoms with Gasteiger partial charge in [-0.05, 0) is 12.8 Å². The molecular formula is C6H15N3O. The molecule has 0 amide bonds. The van der Waals surface area contributed by atoms with Gasteiger partial charge in [0, 0.05) is 19.7 Å². The van der Waals surface area contributed by atoms with Gasteiger partial charge in [-0.2, -0.15) is 5.53 Å². The SMILES string of the molecule is COC[C@@H]1CCCN1NN. The van der Waals surface area contributed by atoms with Crippen LogP contribution in [0.2, 0.25) is 0 Å². The molecule has 3 N–H and O–H groups in total. The Kier molecular flexibility index (Phi) is 3.08. The third-order valence-electron chi connectivity index (χ3n) is 1.90. The van der Waals surface area contributed by atoms with Crippen LogP contribution >= 0.6 is 0 Å². The van der Waals surface area contributed by atoms with E-state index in [4.69, 9.17) is 10.6 Å². The van der Waals surface area contributed by atoms with Gasteiger partial charge in [-0.3, -0.25) is 5.84 Å². The van der Waals surface area contributed by atoms with Crippen molar-refractivity contribution < 1.29 is 4.74 Å². The predicted octanol–water partition coefficient (Wildman–Crippen LogP) is -0.524. The summed E-state index contributed by atoms with van der Waals surface area (Å²) in [6, 6.07) is 0.468. The molecule has 1 saturated heterocycles. The van der Waals surface area contributed by atoms with Crippen molar-refractivity contribution in [2.24, 2.45) is 5.84 Å². The lowest BCUT2D eigenvalue weighted by Gasteiger charge is -2.21. The van der Waals surface area contributed by atoms with Gasteiger partial charge in [-0.1, -0.05) is 0 Å². The van der Waals surface area contributed by atoms with Crippen LogP contribution in [0.5, 0.6) is 0 Å². The fraction of sp³-hybridized carbons (Fsp3) is 1.00. The number of nitrogens with one attached hydrogen (secondary N) is 1. The summed E-state index contributed by atoms with van der Waals surface area (Å²) in [7, 11) is 1.72. The van der Waals surface area contributed by atoms with Crippen molar-refractivity contribution in [3.8, 4) is 0 Å². The van der Waals surface area contributed by atoms with Crippen LogP contribution in [0.25, 0.3) is 0 Å². The summed E-state index contributed by atoms with van der Waals surface area (Å²) in [5, 5.41) is 2.02. The summed E-state index contributed by atoms with van der Waals surface area (Å²) in [4.78, 5) is 0. The van der Waals surface area contributed by atoms with Crippen LogP contribution in [0, 0.1) is 0 Å². The second-order valence-electron chi connectivity index (χ2n) is 2.57. The topological polar surface area (TPSA) is 50.5 Å². The maximum absolute atomic E-state index is 5.27. The molecule has 0 bridgehead atoms. The Hall–Kier alpha value is -0.160. The van der Waals surface area contributed by atoms with Crippen molar-refractivity contribution in [3.05, 3.63) is 0 Å². The Morgan fingerprint density at radius 3 is 3.20 bits per heavy atom. The van der Waals surface area contributed by atoms with E-state index in [1.54, 1.807) is 7.11 Å². The van der Waals surface area contributed by atoms with Crippen LogP contribution in [0.3, 0.4) is 0 Å². The lowest BCUT2D eigenvalue weighted by atomic mass is 10.2. The molecule has 1 fully saturated rings. The van der Waals surface area contributed by atoms with Crippen molar-refractivity contribution in [3.63, 3.8) is 0 Å². The molecule has 0 aliphatic carbocycles. The van der Waals surface area contributed by atoms with E-state index in [2.05, 4.69) is 5.53 Å². The quantitative estimate of drug-likeness (QED) is 0.414. The maximum Gasteiger partial charge on any atom is 0.0632 e. The van der Waals surface area contributed by atoms with Crippen molar-refractivity contribution in [2.45, 2.75) is 18.9 Å². The molecule has 1 rings (SSSR count). The van der Waals surface area contributed by atoms with Crippen molar-refractivity contribution in [2.75, 3.05) is 20.3 Å². The van der Waals surface area contributed by atoms with E-state index in [9.17, 15) is 0 Å². The third-order valence-corrected chi connectivity index (χ3v) is 1.90. The van der Waals surface area contributed by atoms with Crippen LogP contribution in [0.1, 0.15) is 12.8 Å². The molecule has 0 aromatic rings. The van der Waals surface area contributed by atoms with Gasteiger partial charge < -0.3 is 4.74 Å². The number of methoxy groups -OCH3 is 1. The van der Waals surface area contributed by atoms with Gasteiger partial charge >= 0.3 is 0 Å². The minimum Gasteiger partial charge on any atom is -0.383 e. The zero-order valence-corrected chi connectivity index (χ0v) is 6.34. The van der Waals surface area contributed by atoms with E-state index in [0.717, 1.165) is 13.2 Å². The molecule has 1 aliphatic heterocycles. The van der Waals surface area contributed by atoms with Gasteiger partial charge in [-0.15, -0.1) is 0 Å². The van der Waals surface area contributed by atoms with Gasteiger partial charge in [0.15, 0.2) is 0 Å². The minimum atomic E-state index is 0.468. The summed E-state index contributed by atoms with van der Waals surface area (Å²) in [5.74, 6) is 5.27. The summed E-state index contributed by atoms with van der Waals surface area (Å²) in [6.07, 6.45) is 2.39. The summed E-state index contributed by atoms with van der Waals surface area (Å²) in [6.45, 7) is 1.80. The van der Waals surface area contributed by atoms with Gasteiger partial charge in [-0.25, -0.2) is 5.01 Å². The van der Waals surface area contributed by atoms with E-state index in [1.807, 2.05) is 5.01 Å². The highest BCUT2D eigenvalue weighted by atomic mass is 16.5. The highest BCUT2D eigenvalue weighted by Crippen LogP contribution is 2.13.